The molecule has 1 aliphatic carbocycles. The zero-order chi connectivity index (χ0) is 21.2. The molecule has 0 N–H and O–H groups in total. The van der Waals surface area contributed by atoms with Gasteiger partial charge in [-0.3, -0.25) is 4.98 Å². The topological polar surface area (TPSA) is 12.9 Å². The molecule has 2 aromatic rings. The van der Waals surface area contributed by atoms with Crippen molar-refractivity contribution in [2.75, 3.05) is 0 Å². The molecule has 1 nitrogen and oxygen atoms in total. The van der Waals surface area contributed by atoms with E-state index < -0.39 is 0 Å². The van der Waals surface area contributed by atoms with Crippen molar-refractivity contribution in [2.45, 2.75) is 104 Å². The van der Waals surface area contributed by atoms with Crippen LogP contribution in [0.15, 0.2) is 42.7 Å². The summed E-state index contributed by atoms with van der Waals surface area (Å²) in [5, 5.41) is 0. The van der Waals surface area contributed by atoms with Crippen LogP contribution >= 0.6 is 0 Å². The van der Waals surface area contributed by atoms with Gasteiger partial charge in [0.25, 0.3) is 0 Å². The number of hydrogen-bond donors (Lipinski definition) is 0. The van der Waals surface area contributed by atoms with Gasteiger partial charge in [0.1, 0.15) is 0 Å². The summed E-state index contributed by atoms with van der Waals surface area (Å²) in [6.07, 6.45) is 20.5. The zero-order valence-electron chi connectivity index (χ0n) is 19.7. The standard InChI is InChI=1S/C29H43N/c1-4-6-8-9-13-26-14-10-11-15-27(26)28-20-21-30-22-29(28)23(3)25-18-16-24(17-19-25)12-7-5-2/h10-11,14-15,20-25H,4-9,12-13,16-19H2,1-3H3. The first-order valence-corrected chi connectivity index (χ1v) is 12.8. The van der Waals surface area contributed by atoms with Crippen molar-refractivity contribution in [3.8, 4) is 11.1 Å². The first-order chi connectivity index (χ1) is 14.7. The fraction of sp³-hybridized carbons (Fsp3) is 0.621. The van der Waals surface area contributed by atoms with E-state index in [4.69, 9.17) is 0 Å². The van der Waals surface area contributed by atoms with Gasteiger partial charge in [-0.25, -0.2) is 0 Å². The maximum Gasteiger partial charge on any atom is 0.0308 e. The van der Waals surface area contributed by atoms with Gasteiger partial charge >= 0.3 is 0 Å². The summed E-state index contributed by atoms with van der Waals surface area (Å²) in [6.45, 7) is 7.07. The average Bonchev–Trinajstić information content (AvgIpc) is 2.81. The SMILES string of the molecule is CCCCCCc1ccccc1-c1ccncc1C(C)C1CCC(CCCC)CC1. The minimum Gasteiger partial charge on any atom is -0.264 e. The third-order valence-electron chi connectivity index (χ3n) is 7.51. The quantitative estimate of drug-likeness (QED) is 0.340. The number of aromatic nitrogens is 1. The number of benzene rings is 1. The van der Waals surface area contributed by atoms with Crippen LogP contribution in [0.25, 0.3) is 11.1 Å². The molecule has 1 aromatic carbocycles. The lowest BCUT2D eigenvalue weighted by molar-refractivity contribution is 0.237. The Bertz CT molecular complexity index is 742. The molecule has 1 heterocycles. The van der Waals surface area contributed by atoms with Crippen LogP contribution in [0.1, 0.15) is 108 Å². The molecular formula is C29H43N. The molecule has 1 atom stereocenters. The van der Waals surface area contributed by atoms with Crippen molar-refractivity contribution >= 4 is 0 Å². The molecule has 1 saturated carbocycles. The summed E-state index contributed by atoms with van der Waals surface area (Å²) in [4.78, 5) is 4.56. The molecule has 0 amide bonds. The fourth-order valence-corrected chi connectivity index (χ4v) is 5.48. The molecule has 0 bridgehead atoms. The van der Waals surface area contributed by atoms with Crippen LogP contribution in [0.4, 0.5) is 0 Å². The van der Waals surface area contributed by atoms with Gasteiger partial charge in [0.2, 0.25) is 0 Å². The highest BCUT2D eigenvalue weighted by atomic mass is 14.6. The minimum atomic E-state index is 0.592. The van der Waals surface area contributed by atoms with Crippen molar-refractivity contribution in [1.82, 2.24) is 4.98 Å². The Morgan fingerprint density at radius 3 is 2.40 bits per heavy atom. The molecule has 1 aromatic heterocycles. The molecule has 1 heteroatoms. The van der Waals surface area contributed by atoms with E-state index in [0.29, 0.717) is 5.92 Å². The molecular weight excluding hydrogens is 362 g/mol. The van der Waals surface area contributed by atoms with E-state index in [-0.39, 0.29) is 0 Å². The predicted octanol–water partition coefficient (Wildman–Crippen LogP) is 8.97. The molecule has 0 radical (unpaired) electrons. The normalized spacial score (nSPS) is 20.2. The molecule has 1 unspecified atom stereocenters. The molecule has 1 fully saturated rings. The monoisotopic (exact) mass is 405 g/mol. The highest BCUT2D eigenvalue weighted by Gasteiger charge is 2.27. The molecule has 3 rings (SSSR count). The van der Waals surface area contributed by atoms with E-state index in [0.717, 1.165) is 11.8 Å². The number of rotatable bonds is 11. The van der Waals surface area contributed by atoms with Gasteiger partial charge in [-0.15, -0.1) is 0 Å². The fourth-order valence-electron chi connectivity index (χ4n) is 5.48. The van der Waals surface area contributed by atoms with Crippen LogP contribution in [0.5, 0.6) is 0 Å². The van der Waals surface area contributed by atoms with Crippen LogP contribution in [-0.2, 0) is 6.42 Å². The number of pyridine rings is 1. The Hall–Kier alpha value is -1.63. The molecule has 0 saturated heterocycles. The van der Waals surface area contributed by atoms with E-state index in [1.165, 1.54) is 99.3 Å². The first kappa shape index (κ1) is 23.0. The summed E-state index contributed by atoms with van der Waals surface area (Å²) in [5.41, 5.74) is 5.85. The Labute approximate surface area is 185 Å². The second-order valence-electron chi connectivity index (χ2n) is 9.64. The van der Waals surface area contributed by atoms with Crippen molar-refractivity contribution in [3.05, 3.63) is 53.9 Å². The van der Waals surface area contributed by atoms with Crippen molar-refractivity contribution in [3.63, 3.8) is 0 Å². The summed E-state index contributed by atoms with van der Waals surface area (Å²) in [5.74, 6) is 2.38. The van der Waals surface area contributed by atoms with E-state index in [2.05, 4.69) is 62.3 Å². The highest BCUT2D eigenvalue weighted by Crippen LogP contribution is 2.42. The highest BCUT2D eigenvalue weighted by molar-refractivity contribution is 5.71. The van der Waals surface area contributed by atoms with Crippen LogP contribution in [0.2, 0.25) is 0 Å². The maximum absolute atomic E-state index is 4.56. The molecule has 30 heavy (non-hydrogen) atoms. The van der Waals surface area contributed by atoms with Crippen molar-refractivity contribution in [2.24, 2.45) is 11.8 Å². The number of unbranched alkanes of at least 4 members (excludes halogenated alkanes) is 4. The summed E-state index contributed by atoms with van der Waals surface area (Å²) < 4.78 is 0. The van der Waals surface area contributed by atoms with Gasteiger partial charge in [0.05, 0.1) is 0 Å². The summed E-state index contributed by atoms with van der Waals surface area (Å²) in [7, 11) is 0. The lowest BCUT2D eigenvalue weighted by atomic mass is 9.72. The first-order valence-electron chi connectivity index (χ1n) is 12.8. The number of nitrogens with zero attached hydrogens (tertiary/aromatic N) is 1. The Kier molecular flexibility index (Phi) is 9.43. The Balaban J connectivity index is 1.74. The predicted molar refractivity (Wildman–Crippen MR) is 131 cm³/mol. The second kappa shape index (κ2) is 12.3. The minimum absolute atomic E-state index is 0.592. The van der Waals surface area contributed by atoms with Gasteiger partial charge < -0.3 is 0 Å². The largest absolute Gasteiger partial charge is 0.264 e. The van der Waals surface area contributed by atoms with E-state index in [1.807, 2.05) is 6.20 Å². The van der Waals surface area contributed by atoms with E-state index >= 15 is 0 Å². The van der Waals surface area contributed by atoms with Crippen LogP contribution < -0.4 is 0 Å². The number of aryl methyl sites for hydroxylation is 1. The van der Waals surface area contributed by atoms with Gasteiger partial charge in [-0.05, 0) is 71.8 Å². The van der Waals surface area contributed by atoms with Gasteiger partial charge in [0.15, 0.2) is 0 Å². The second-order valence-corrected chi connectivity index (χ2v) is 9.64. The third kappa shape index (κ3) is 6.19. The molecule has 1 aliphatic rings. The smallest absolute Gasteiger partial charge is 0.0308 e. The number of hydrogen-bond acceptors (Lipinski definition) is 1. The van der Waals surface area contributed by atoms with E-state index in [1.54, 1.807) is 0 Å². The van der Waals surface area contributed by atoms with Crippen LogP contribution in [0, 0.1) is 11.8 Å². The lowest BCUT2D eigenvalue weighted by Gasteiger charge is -2.33. The zero-order valence-corrected chi connectivity index (χ0v) is 19.7. The average molecular weight is 406 g/mol. The molecule has 164 valence electrons. The third-order valence-corrected chi connectivity index (χ3v) is 7.51. The van der Waals surface area contributed by atoms with E-state index in [9.17, 15) is 0 Å². The molecule has 0 aliphatic heterocycles. The van der Waals surface area contributed by atoms with Gasteiger partial charge in [-0.1, -0.05) is 96.4 Å². The van der Waals surface area contributed by atoms with Crippen LogP contribution in [0.3, 0.4) is 0 Å². The van der Waals surface area contributed by atoms with Gasteiger partial charge in [-0.2, -0.15) is 0 Å². The maximum atomic E-state index is 4.56. The Morgan fingerprint density at radius 1 is 0.867 bits per heavy atom. The summed E-state index contributed by atoms with van der Waals surface area (Å²) >= 11 is 0. The lowest BCUT2D eigenvalue weighted by Crippen LogP contribution is -2.19. The Morgan fingerprint density at radius 2 is 1.63 bits per heavy atom. The van der Waals surface area contributed by atoms with Crippen molar-refractivity contribution in [1.29, 1.82) is 0 Å². The van der Waals surface area contributed by atoms with Crippen molar-refractivity contribution < 1.29 is 0 Å². The van der Waals surface area contributed by atoms with Crippen LogP contribution in [-0.4, -0.2) is 4.98 Å². The van der Waals surface area contributed by atoms with Gasteiger partial charge in [0, 0.05) is 12.4 Å². The summed E-state index contributed by atoms with van der Waals surface area (Å²) in [6, 6.07) is 11.4. The molecule has 0 spiro atoms.